The van der Waals surface area contributed by atoms with E-state index in [2.05, 4.69) is 20.2 Å². The van der Waals surface area contributed by atoms with Crippen molar-refractivity contribution in [2.24, 2.45) is 0 Å². The van der Waals surface area contributed by atoms with Crippen molar-refractivity contribution in [3.63, 3.8) is 0 Å². The molecule has 3 heterocycles. The van der Waals surface area contributed by atoms with Crippen molar-refractivity contribution in [1.29, 1.82) is 0 Å². The molecule has 6 nitrogen and oxygen atoms in total. The van der Waals surface area contributed by atoms with Crippen molar-refractivity contribution in [3.8, 4) is 0 Å². The number of rotatable bonds is 2. The van der Waals surface area contributed by atoms with Gasteiger partial charge in [-0.1, -0.05) is 0 Å². The van der Waals surface area contributed by atoms with E-state index in [1.54, 1.807) is 18.5 Å². The van der Waals surface area contributed by atoms with Crippen LogP contribution < -0.4 is 10.2 Å². The van der Waals surface area contributed by atoms with Crippen LogP contribution in [0.3, 0.4) is 0 Å². The number of halogens is 3. The van der Waals surface area contributed by atoms with Gasteiger partial charge < -0.3 is 20.1 Å². The highest BCUT2D eigenvalue weighted by molar-refractivity contribution is 5.85. The van der Waals surface area contributed by atoms with Gasteiger partial charge in [0.2, 0.25) is 5.91 Å². The number of benzene rings is 1. The number of fused-ring (bicyclic) bond motifs is 1. The first kappa shape index (κ1) is 20.5. The Labute approximate surface area is 164 Å². The summed E-state index contributed by atoms with van der Waals surface area (Å²) in [5.41, 5.74) is 2.87. The maximum Gasteiger partial charge on any atom is 0.246 e. The number of anilines is 1. The number of hydrogen-bond donors (Lipinski definition) is 2. The van der Waals surface area contributed by atoms with Crippen LogP contribution in [-0.2, 0) is 11.2 Å². The second kappa shape index (κ2) is 8.70. The lowest BCUT2D eigenvalue weighted by Gasteiger charge is -2.38. The molecular weight excluding hydrogens is 380 g/mol. The normalized spacial score (nSPS) is 19.2. The van der Waals surface area contributed by atoms with Gasteiger partial charge in [-0.15, -0.1) is 24.8 Å². The highest BCUT2D eigenvalue weighted by Crippen LogP contribution is 2.23. The standard InChI is InChI=1S/C17H20FN5O.2ClH/c18-12-1-3-13(4-2-12)22-7-9-23(10-8-22)17(24)16-15-14(5-6-19-16)20-11-21-15;;/h1-4,11,16,19H,5-10H2,(H,20,21);2*1H. The van der Waals surface area contributed by atoms with Crippen LogP contribution in [-0.4, -0.2) is 53.5 Å². The number of carbonyl (C=O) groups is 1. The van der Waals surface area contributed by atoms with E-state index in [1.165, 1.54) is 12.1 Å². The van der Waals surface area contributed by atoms with E-state index < -0.39 is 0 Å². The van der Waals surface area contributed by atoms with E-state index in [-0.39, 0.29) is 42.6 Å². The van der Waals surface area contributed by atoms with Crippen molar-refractivity contribution in [1.82, 2.24) is 20.2 Å². The van der Waals surface area contributed by atoms with Gasteiger partial charge in [-0.25, -0.2) is 9.37 Å². The number of hydrogen-bond acceptors (Lipinski definition) is 4. The zero-order chi connectivity index (χ0) is 16.5. The van der Waals surface area contributed by atoms with Crippen molar-refractivity contribution < 1.29 is 9.18 Å². The average molecular weight is 402 g/mol. The minimum absolute atomic E-state index is 0. The molecule has 2 aliphatic heterocycles. The van der Waals surface area contributed by atoms with Gasteiger partial charge in [-0.3, -0.25) is 4.79 Å². The molecular formula is C17H22Cl2FN5O. The van der Waals surface area contributed by atoms with Crippen LogP contribution in [0.1, 0.15) is 17.4 Å². The Bertz CT molecular complexity index is 731. The van der Waals surface area contributed by atoms with Gasteiger partial charge in [0.15, 0.2) is 0 Å². The monoisotopic (exact) mass is 401 g/mol. The van der Waals surface area contributed by atoms with Crippen molar-refractivity contribution in [2.75, 3.05) is 37.6 Å². The fourth-order valence-electron chi connectivity index (χ4n) is 3.44. The quantitative estimate of drug-likeness (QED) is 0.806. The van der Waals surface area contributed by atoms with Crippen LogP contribution in [0.2, 0.25) is 0 Å². The van der Waals surface area contributed by atoms with Crippen LogP contribution in [0, 0.1) is 5.82 Å². The van der Waals surface area contributed by atoms with Gasteiger partial charge in [-0.2, -0.15) is 0 Å². The van der Waals surface area contributed by atoms with Crippen molar-refractivity contribution >= 4 is 36.4 Å². The molecule has 4 rings (SSSR count). The first-order chi connectivity index (χ1) is 11.7. The molecule has 2 N–H and O–H groups in total. The largest absolute Gasteiger partial charge is 0.368 e. The maximum absolute atomic E-state index is 13.0. The number of carbonyl (C=O) groups excluding carboxylic acids is 1. The number of imidazole rings is 1. The van der Waals surface area contributed by atoms with E-state index in [9.17, 15) is 9.18 Å². The fraction of sp³-hybridized carbons (Fsp3) is 0.412. The predicted octanol–water partition coefficient (Wildman–Crippen LogP) is 1.93. The number of nitrogens with zero attached hydrogens (tertiary/aromatic N) is 3. The molecule has 1 aromatic carbocycles. The van der Waals surface area contributed by atoms with Gasteiger partial charge in [0.1, 0.15) is 11.9 Å². The second-order valence-electron chi connectivity index (χ2n) is 6.19. The lowest BCUT2D eigenvalue weighted by molar-refractivity contribution is -0.134. The zero-order valence-corrected chi connectivity index (χ0v) is 15.8. The van der Waals surface area contributed by atoms with Gasteiger partial charge in [-0.05, 0) is 24.3 Å². The van der Waals surface area contributed by atoms with Crippen LogP contribution in [0.15, 0.2) is 30.6 Å². The Kier molecular flexibility index (Phi) is 6.86. The van der Waals surface area contributed by atoms with E-state index in [1.807, 2.05) is 4.90 Å². The second-order valence-corrected chi connectivity index (χ2v) is 6.19. The first-order valence-corrected chi connectivity index (χ1v) is 8.27. The Morgan fingerprint density at radius 2 is 1.81 bits per heavy atom. The molecule has 0 saturated carbocycles. The van der Waals surface area contributed by atoms with Gasteiger partial charge in [0.05, 0.1) is 12.0 Å². The number of piperazine rings is 1. The predicted molar refractivity (Wildman–Crippen MR) is 103 cm³/mol. The summed E-state index contributed by atoms with van der Waals surface area (Å²) in [6, 6.07) is 6.16. The molecule has 26 heavy (non-hydrogen) atoms. The Hall–Kier alpha value is -1.83. The summed E-state index contributed by atoms with van der Waals surface area (Å²) in [6.07, 6.45) is 2.53. The summed E-state index contributed by atoms with van der Waals surface area (Å²) >= 11 is 0. The molecule has 2 aliphatic rings. The first-order valence-electron chi connectivity index (χ1n) is 8.27. The number of aromatic amines is 1. The third kappa shape index (κ3) is 3.95. The Morgan fingerprint density at radius 3 is 2.50 bits per heavy atom. The Morgan fingerprint density at radius 1 is 1.12 bits per heavy atom. The van der Waals surface area contributed by atoms with Crippen molar-refractivity contribution in [3.05, 3.63) is 47.8 Å². The molecule has 0 radical (unpaired) electrons. The molecule has 0 aliphatic carbocycles. The van der Waals surface area contributed by atoms with Crippen LogP contribution >= 0.6 is 24.8 Å². The topological polar surface area (TPSA) is 64.3 Å². The van der Waals surface area contributed by atoms with E-state index >= 15 is 0 Å². The molecule has 1 saturated heterocycles. The highest BCUT2D eigenvalue weighted by atomic mass is 35.5. The SMILES string of the molecule is Cl.Cl.O=C(C1NCCc2[nH]cnc21)N1CCN(c2ccc(F)cc2)CC1. The Balaban J connectivity index is 0.00000121. The molecule has 1 fully saturated rings. The molecule has 1 amide bonds. The minimum Gasteiger partial charge on any atom is -0.368 e. The lowest BCUT2D eigenvalue weighted by atomic mass is 10.0. The molecule has 1 aromatic heterocycles. The third-order valence-electron chi connectivity index (χ3n) is 4.78. The van der Waals surface area contributed by atoms with E-state index in [0.29, 0.717) is 13.1 Å². The summed E-state index contributed by atoms with van der Waals surface area (Å²) < 4.78 is 13.0. The van der Waals surface area contributed by atoms with Crippen LogP contribution in [0.5, 0.6) is 0 Å². The van der Waals surface area contributed by atoms with Crippen molar-refractivity contribution in [2.45, 2.75) is 12.5 Å². The fourth-order valence-corrected chi connectivity index (χ4v) is 3.44. The summed E-state index contributed by atoms with van der Waals surface area (Å²) in [6.45, 7) is 3.60. The zero-order valence-electron chi connectivity index (χ0n) is 14.2. The van der Waals surface area contributed by atoms with Crippen LogP contribution in [0.4, 0.5) is 10.1 Å². The molecule has 1 atom stereocenters. The molecule has 0 bridgehead atoms. The van der Waals surface area contributed by atoms with Gasteiger partial charge >= 0.3 is 0 Å². The molecule has 142 valence electrons. The number of H-pyrrole nitrogens is 1. The minimum atomic E-state index is -0.350. The summed E-state index contributed by atoms with van der Waals surface area (Å²) in [5.74, 6) is -0.146. The maximum atomic E-state index is 13.0. The number of aromatic nitrogens is 2. The molecule has 2 aromatic rings. The van der Waals surface area contributed by atoms with Gasteiger partial charge in [0, 0.05) is 50.5 Å². The number of nitrogens with one attached hydrogen (secondary N) is 2. The molecule has 1 unspecified atom stereocenters. The van der Waals surface area contributed by atoms with E-state index in [4.69, 9.17) is 0 Å². The molecule has 9 heteroatoms. The summed E-state index contributed by atoms with van der Waals surface area (Å²) in [5, 5.41) is 3.28. The third-order valence-corrected chi connectivity index (χ3v) is 4.78. The number of amides is 1. The highest BCUT2D eigenvalue weighted by Gasteiger charge is 2.33. The lowest BCUT2D eigenvalue weighted by Crippen LogP contribution is -2.52. The summed E-state index contributed by atoms with van der Waals surface area (Å²) in [7, 11) is 0. The van der Waals surface area contributed by atoms with Crippen LogP contribution in [0.25, 0.3) is 0 Å². The smallest absolute Gasteiger partial charge is 0.246 e. The average Bonchev–Trinajstić information content (AvgIpc) is 3.11. The van der Waals surface area contributed by atoms with E-state index in [0.717, 1.165) is 43.1 Å². The molecule has 0 spiro atoms. The van der Waals surface area contributed by atoms with Gasteiger partial charge in [0.25, 0.3) is 0 Å². The summed E-state index contributed by atoms with van der Waals surface area (Å²) in [4.78, 5) is 24.3.